The van der Waals surface area contributed by atoms with Crippen molar-refractivity contribution in [3.05, 3.63) is 76.2 Å². The third-order valence-electron chi connectivity index (χ3n) is 5.52. The second-order valence-electron chi connectivity index (χ2n) is 7.74. The quantitative estimate of drug-likeness (QED) is 0.531. The van der Waals surface area contributed by atoms with E-state index in [1.807, 2.05) is 0 Å². The molecule has 1 N–H and O–H groups in total. The van der Waals surface area contributed by atoms with E-state index in [9.17, 15) is 17.6 Å². The monoisotopic (exact) mass is 510 g/mol. The summed E-state index contributed by atoms with van der Waals surface area (Å²) in [4.78, 5) is 12.9. The molecule has 33 heavy (non-hydrogen) atoms. The van der Waals surface area contributed by atoms with Crippen LogP contribution in [0.15, 0.2) is 59.6 Å². The van der Waals surface area contributed by atoms with Gasteiger partial charge in [-0.3, -0.25) is 9.48 Å². The van der Waals surface area contributed by atoms with E-state index in [4.69, 9.17) is 23.2 Å². The number of carbonyl (C=O) groups excluding carboxylic acids is 1. The van der Waals surface area contributed by atoms with Gasteiger partial charge in [-0.05, 0) is 43.2 Å². The standard InChI is InChI=1S/C22H21Cl2FN4O3S/c23-17-5-7-18(8-6-17)33(31,32)29-11-9-15(10-12-29)22(30)26-21-19(24)14-28(27-21)13-16-3-1-2-4-20(16)25/h1-8,14-15H,9-13H2,(H,26,27,30). The number of nitrogens with zero attached hydrogens (tertiary/aromatic N) is 3. The average Bonchev–Trinajstić information content (AvgIpc) is 3.14. The summed E-state index contributed by atoms with van der Waals surface area (Å²) in [5.74, 6) is -0.824. The first-order valence-electron chi connectivity index (χ1n) is 10.3. The van der Waals surface area contributed by atoms with Crippen LogP contribution < -0.4 is 5.32 Å². The van der Waals surface area contributed by atoms with Gasteiger partial charge in [0.05, 0.1) is 11.4 Å². The maximum absolute atomic E-state index is 13.9. The van der Waals surface area contributed by atoms with Gasteiger partial charge in [0.25, 0.3) is 0 Å². The molecule has 2 aromatic carbocycles. The minimum atomic E-state index is -3.65. The molecule has 1 fully saturated rings. The first-order chi connectivity index (χ1) is 15.7. The van der Waals surface area contributed by atoms with Crippen molar-refractivity contribution in [2.75, 3.05) is 18.4 Å². The minimum Gasteiger partial charge on any atom is -0.308 e. The van der Waals surface area contributed by atoms with Crippen LogP contribution in [0.4, 0.5) is 10.2 Å². The van der Waals surface area contributed by atoms with Crippen molar-refractivity contribution in [1.29, 1.82) is 0 Å². The zero-order chi connectivity index (χ0) is 23.6. The van der Waals surface area contributed by atoms with Crippen LogP contribution in [-0.2, 0) is 21.4 Å². The van der Waals surface area contributed by atoms with Gasteiger partial charge in [-0.2, -0.15) is 9.40 Å². The molecular weight excluding hydrogens is 490 g/mol. The first kappa shape index (κ1) is 23.7. The summed E-state index contributed by atoms with van der Waals surface area (Å²) in [7, 11) is -3.65. The summed E-state index contributed by atoms with van der Waals surface area (Å²) in [5.41, 5.74) is 0.448. The van der Waals surface area contributed by atoms with Crippen molar-refractivity contribution in [1.82, 2.24) is 14.1 Å². The summed E-state index contributed by atoms with van der Waals surface area (Å²) < 4.78 is 42.3. The van der Waals surface area contributed by atoms with Crippen molar-refractivity contribution in [3.8, 4) is 0 Å². The third-order valence-corrected chi connectivity index (χ3v) is 7.97. The molecule has 0 aliphatic carbocycles. The number of sulfonamides is 1. The lowest BCUT2D eigenvalue weighted by Crippen LogP contribution is -2.41. The molecule has 0 spiro atoms. The highest BCUT2D eigenvalue weighted by atomic mass is 35.5. The molecule has 0 bridgehead atoms. The van der Waals surface area contributed by atoms with Crippen molar-refractivity contribution in [2.45, 2.75) is 24.3 Å². The van der Waals surface area contributed by atoms with Gasteiger partial charge < -0.3 is 5.32 Å². The van der Waals surface area contributed by atoms with E-state index in [2.05, 4.69) is 10.4 Å². The molecule has 1 amide bonds. The lowest BCUT2D eigenvalue weighted by molar-refractivity contribution is -0.120. The number of carbonyl (C=O) groups is 1. The Bertz CT molecular complexity index is 1260. The summed E-state index contributed by atoms with van der Waals surface area (Å²) >= 11 is 12.0. The smallest absolute Gasteiger partial charge is 0.243 e. The second kappa shape index (κ2) is 9.80. The number of hydrogen-bond acceptors (Lipinski definition) is 4. The molecule has 1 saturated heterocycles. The van der Waals surface area contributed by atoms with Gasteiger partial charge in [-0.15, -0.1) is 0 Å². The van der Waals surface area contributed by atoms with E-state index in [-0.39, 0.29) is 53.0 Å². The molecule has 4 rings (SSSR count). The molecule has 0 saturated carbocycles. The van der Waals surface area contributed by atoms with E-state index in [1.54, 1.807) is 18.2 Å². The number of anilines is 1. The zero-order valence-corrected chi connectivity index (χ0v) is 19.7. The van der Waals surface area contributed by atoms with E-state index in [1.165, 1.54) is 45.5 Å². The van der Waals surface area contributed by atoms with Crippen molar-refractivity contribution < 1.29 is 17.6 Å². The number of benzene rings is 2. The Kier molecular flexibility index (Phi) is 7.04. The Labute approximate surface area is 201 Å². The highest BCUT2D eigenvalue weighted by Gasteiger charge is 2.32. The Balaban J connectivity index is 1.36. The number of hydrogen-bond donors (Lipinski definition) is 1. The molecular formula is C22H21Cl2FN4O3S. The lowest BCUT2D eigenvalue weighted by atomic mass is 9.97. The van der Waals surface area contributed by atoms with Crippen LogP contribution in [-0.4, -0.2) is 41.5 Å². The maximum atomic E-state index is 13.9. The molecule has 0 atom stereocenters. The highest BCUT2D eigenvalue weighted by molar-refractivity contribution is 7.89. The predicted molar refractivity (Wildman–Crippen MR) is 124 cm³/mol. The number of amides is 1. The number of nitrogens with one attached hydrogen (secondary N) is 1. The van der Waals surface area contributed by atoms with Crippen molar-refractivity contribution in [2.24, 2.45) is 5.92 Å². The molecule has 11 heteroatoms. The molecule has 7 nitrogen and oxygen atoms in total. The fourth-order valence-corrected chi connectivity index (χ4v) is 5.49. The third kappa shape index (κ3) is 5.38. The zero-order valence-electron chi connectivity index (χ0n) is 17.4. The maximum Gasteiger partial charge on any atom is 0.243 e. The van der Waals surface area contributed by atoms with Crippen LogP contribution in [0.5, 0.6) is 0 Å². The Morgan fingerprint density at radius 2 is 1.76 bits per heavy atom. The molecule has 0 radical (unpaired) electrons. The summed E-state index contributed by atoms with van der Waals surface area (Å²) in [6.07, 6.45) is 2.25. The van der Waals surface area contributed by atoms with Gasteiger partial charge >= 0.3 is 0 Å². The van der Waals surface area contributed by atoms with Crippen LogP contribution in [0.25, 0.3) is 0 Å². The number of piperidine rings is 1. The van der Waals surface area contributed by atoms with Crippen LogP contribution in [0.3, 0.4) is 0 Å². The Morgan fingerprint density at radius 1 is 1.09 bits per heavy atom. The van der Waals surface area contributed by atoms with Gasteiger partial charge in [0.15, 0.2) is 5.82 Å². The normalized spacial score (nSPS) is 15.5. The van der Waals surface area contributed by atoms with Gasteiger partial charge in [0, 0.05) is 35.8 Å². The Hall–Kier alpha value is -2.46. The van der Waals surface area contributed by atoms with Crippen LogP contribution in [0.1, 0.15) is 18.4 Å². The van der Waals surface area contributed by atoms with E-state index in [0.29, 0.717) is 23.4 Å². The number of rotatable bonds is 6. The van der Waals surface area contributed by atoms with Gasteiger partial charge in [0.1, 0.15) is 10.8 Å². The van der Waals surface area contributed by atoms with E-state index >= 15 is 0 Å². The number of halogens is 3. The second-order valence-corrected chi connectivity index (χ2v) is 10.5. The fraction of sp³-hybridized carbons (Fsp3) is 0.273. The molecule has 1 aliphatic rings. The molecule has 2 heterocycles. The lowest BCUT2D eigenvalue weighted by Gasteiger charge is -2.30. The van der Waals surface area contributed by atoms with Crippen molar-refractivity contribution >= 4 is 45.0 Å². The summed E-state index contributed by atoms with van der Waals surface area (Å²) in [6.45, 7) is 0.611. The fourth-order valence-electron chi connectivity index (χ4n) is 3.70. The minimum absolute atomic E-state index is 0.168. The van der Waals surface area contributed by atoms with Gasteiger partial charge in [-0.25, -0.2) is 12.8 Å². The summed E-state index contributed by atoms with van der Waals surface area (Å²) in [6, 6.07) is 12.3. The van der Waals surface area contributed by atoms with Crippen LogP contribution >= 0.6 is 23.2 Å². The molecule has 0 unspecified atom stereocenters. The predicted octanol–water partition coefficient (Wildman–Crippen LogP) is 4.42. The molecule has 174 valence electrons. The number of aromatic nitrogens is 2. The van der Waals surface area contributed by atoms with Crippen molar-refractivity contribution in [3.63, 3.8) is 0 Å². The first-order valence-corrected chi connectivity index (χ1v) is 12.5. The largest absolute Gasteiger partial charge is 0.308 e. The van der Waals surface area contributed by atoms with Gasteiger partial charge in [0.2, 0.25) is 15.9 Å². The summed E-state index contributed by atoms with van der Waals surface area (Å²) in [5, 5.41) is 7.66. The average molecular weight is 511 g/mol. The highest BCUT2D eigenvalue weighted by Crippen LogP contribution is 2.27. The van der Waals surface area contributed by atoms with Crippen LogP contribution in [0, 0.1) is 11.7 Å². The molecule has 3 aromatic rings. The van der Waals surface area contributed by atoms with E-state index in [0.717, 1.165) is 0 Å². The topological polar surface area (TPSA) is 84.3 Å². The van der Waals surface area contributed by atoms with Crippen LogP contribution in [0.2, 0.25) is 10.0 Å². The SMILES string of the molecule is O=C(Nc1nn(Cc2ccccc2F)cc1Cl)C1CCN(S(=O)(=O)c2ccc(Cl)cc2)CC1. The van der Waals surface area contributed by atoms with E-state index < -0.39 is 10.0 Å². The molecule has 1 aliphatic heterocycles. The van der Waals surface area contributed by atoms with Gasteiger partial charge in [-0.1, -0.05) is 41.4 Å². The molecule has 1 aromatic heterocycles. The Morgan fingerprint density at radius 3 is 2.42 bits per heavy atom.